The van der Waals surface area contributed by atoms with Crippen molar-refractivity contribution in [1.29, 1.82) is 0 Å². The molecule has 0 aromatic heterocycles. The van der Waals surface area contributed by atoms with Gasteiger partial charge in [0.05, 0.1) is 0 Å². The van der Waals surface area contributed by atoms with Gasteiger partial charge in [-0.15, -0.1) is 0 Å². The third-order valence-electron chi connectivity index (χ3n) is 4.59. The molecule has 0 radical (unpaired) electrons. The standard InChI is InChI=1S/C21H22.2ClH.Zr/c1-21(2,19-15-9-10-16-19)20(17-11-5-3-6-12-17)18-13-7-4-8-14-18;;;/h3-15,20H,16H2,1-2H3;2*1H;/q;;;+2/p-2. The van der Waals surface area contributed by atoms with Crippen LogP contribution >= 0.6 is 0 Å². The molecule has 0 bridgehead atoms. The maximum absolute atomic E-state index is 2.37. The molecule has 2 aromatic carbocycles. The second-order valence-electron chi connectivity index (χ2n) is 6.30. The van der Waals surface area contributed by atoms with Crippen molar-refractivity contribution in [2.75, 3.05) is 0 Å². The molecule has 0 N–H and O–H groups in total. The summed E-state index contributed by atoms with van der Waals surface area (Å²) in [4.78, 5) is 0. The van der Waals surface area contributed by atoms with Crippen molar-refractivity contribution >= 4 is 0 Å². The fourth-order valence-corrected chi connectivity index (χ4v) is 3.43. The van der Waals surface area contributed by atoms with E-state index in [-0.39, 0.29) is 56.4 Å². The minimum Gasteiger partial charge on any atom is -1.00 e. The van der Waals surface area contributed by atoms with Crippen LogP contribution in [0.5, 0.6) is 0 Å². The molecule has 0 fully saturated rings. The zero-order valence-corrected chi connectivity index (χ0v) is 18.0. The van der Waals surface area contributed by atoms with Gasteiger partial charge in [0.2, 0.25) is 0 Å². The molecule has 0 saturated carbocycles. The summed E-state index contributed by atoms with van der Waals surface area (Å²) in [6, 6.07) is 21.8. The van der Waals surface area contributed by atoms with Gasteiger partial charge in [-0.25, -0.2) is 0 Å². The number of hydrogen-bond donors (Lipinski definition) is 0. The predicted octanol–water partition coefficient (Wildman–Crippen LogP) is -0.263. The molecule has 0 amide bonds. The molecule has 2 aromatic rings. The largest absolute Gasteiger partial charge is 2.00 e. The quantitative estimate of drug-likeness (QED) is 0.620. The van der Waals surface area contributed by atoms with Gasteiger partial charge in [-0.3, -0.25) is 0 Å². The summed E-state index contributed by atoms with van der Waals surface area (Å²) in [5, 5.41) is 0. The Morgan fingerprint density at radius 1 is 0.792 bits per heavy atom. The molecule has 0 saturated heterocycles. The van der Waals surface area contributed by atoms with Crippen LogP contribution in [0, 0.1) is 5.41 Å². The van der Waals surface area contributed by atoms with Gasteiger partial charge >= 0.3 is 26.2 Å². The minimum absolute atomic E-state index is 0. The van der Waals surface area contributed by atoms with Crippen molar-refractivity contribution in [2.45, 2.75) is 26.2 Å². The van der Waals surface area contributed by atoms with Crippen LogP contribution in [0.1, 0.15) is 37.3 Å². The van der Waals surface area contributed by atoms with Crippen molar-refractivity contribution in [1.82, 2.24) is 0 Å². The van der Waals surface area contributed by atoms with Crippen LogP contribution in [0.3, 0.4) is 0 Å². The van der Waals surface area contributed by atoms with E-state index in [1.165, 1.54) is 16.7 Å². The van der Waals surface area contributed by atoms with E-state index < -0.39 is 0 Å². The van der Waals surface area contributed by atoms with Gasteiger partial charge in [-0.1, -0.05) is 98.3 Å². The van der Waals surface area contributed by atoms with E-state index >= 15 is 0 Å². The monoisotopic (exact) mass is 434 g/mol. The average molecular weight is 437 g/mol. The van der Waals surface area contributed by atoms with E-state index in [1.54, 1.807) is 0 Å². The predicted molar refractivity (Wildman–Crippen MR) is 90.3 cm³/mol. The fraction of sp³-hybridized carbons (Fsp3) is 0.238. The summed E-state index contributed by atoms with van der Waals surface area (Å²) < 4.78 is 0. The molecular formula is C21H22Cl2Zr. The molecule has 0 spiro atoms. The Balaban J connectivity index is 0.00000176. The molecule has 124 valence electrons. The van der Waals surface area contributed by atoms with E-state index in [1.807, 2.05) is 0 Å². The number of halogens is 2. The Bertz CT molecular complexity index is 621. The molecule has 1 aliphatic rings. The van der Waals surface area contributed by atoms with Gasteiger partial charge < -0.3 is 24.8 Å². The van der Waals surface area contributed by atoms with Crippen molar-refractivity contribution in [3.8, 4) is 0 Å². The molecule has 24 heavy (non-hydrogen) atoms. The first-order chi connectivity index (χ1) is 10.2. The molecule has 0 aliphatic heterocycles. The number of hydrogen-bond acceptors (Lipinski definition) is 0. The van der Waals surface area contributed by atoms with E-state index in [0.717, 1.165) is 6.42 Å². The Morgan fingerprint density at radius 3 is 1.62 bits per heavy atom. The zero-order chi connectivity index (χ0) is 14.7. The summed E-state index contributed by atoms with van der Waals surface area (Å²) in [6.45, 7) is 4.74. The third kappa shape index (κ3) is 4.95. The van der Waals surface area contributed by atoms with Crippen LogP contribution in [-0.2, 0) is 26.2 Å². The van der Waals surface area contributed by atoms with E-state index in [9.17, 15) is 0 Å². The Labute approximate surface area is 177 Å². The first kappa shape index (κ1) is 23.4. The molecule has 0 unspecified atom stereocenters. The Kier molecular flexibility index (Phi) is 10.1. The van der Waals surface area contributed by atoms with Crippen LogP contribution in [0.25, 0.3) is 0 Å². The second kappa shape index (κ2) is 10.4. The summed E-state index contributed by atoms with van der Waals surface area (Å²) in [7, 11) is 0. The van der Waals surface area contributed by atoms with Gasteiger partial charge in [0.1, 0.15) is 0 Å². The van der Waals surface area contributed by atoms with Gasteiger partial charge in [0.15, 0.2) is 0 Å². The van der Waals surface area contributed by atoms with Gasteiger partial charge in [-0.05, 0) is 23.0 Å². The smallest absolute Gasteiger partial charge is 1.00 e. The average Bonchev–Trinajstić information content (AvgIpc) is 3.04. The van der Waals surface area contributed by atoms with Crippen molar-refractivity contribution in [3.63, 3.8) is 0 Å². The number of rotatable bonds is 4. The number of allylic oxidation sites excluding steroid dienone is 4. The van der Waals surface area contributed by atoms with E-state index in [4.69, 9.17) is 0 Å². The van der Waals surface area contributed by atoms with Crippen LogP contribution in [0.4, 0.5) is 0 Å². The molecule has 3 rings (SSSR count). The van der Waals surface area contributed by atoms with Crippen LogP contribution in [0.15, 0.2) is 84.5 Å². The Hall–Kier alpha value is -0.617. The van der Waals surface area contributed by atoms with Crippen LogP contribution in [-0.4, -0.2) is 0 Å². The maximum Gasteiger partial charge on any atom is 2.00 e. The molecule has 1 aliphatic carbocycles. The summed E-state index contributed by atoms with van der Waals surface area (Å²) in [5.41, 5.74) is 4.40. The van der Waals surface area contributed by atoms with Crippen molar-refractivity contribution in [3.05, 3.63) is 95.6 Å². The Morgan fingerprint density at radius 2 is 1.25 bits per heavy atom. The first-order valence-corrected chi connectivity index (χ1v) is 7.65. The summed E-state index contributed by atoms with van der Waals surface area (Å²) in [5.74, 6) is 0.381. The second-order valence-corrected chi connectivity index (χ2v) is 6.30. The van der Waals surface area contributed by atoms with Crippen molar-refractivity contribution in [2.24, 2.45) is 5.41 Å². The molecule has 0 nitrogen and oxygen atoms in total. The van der Waals surface area contributed by atoms with Crippen LogP contribution < -0.4 is 24.8 Å². The maximum atomic E-state index is 2.37. The fourth-order valence-electron chi connectivity index (χ4n) is 3.43. The molecule has 0 atom stereocenters. The molecule has 0 heterocycles. The van der Waals surface area contributed by atoms with E-state index in [0.29, 0.717) is 5.92 Å². The molecular weight excluding hydrogens is 414 g/mol. The summed E-state index contributed by atoms with van der Waals surface area (Å²) >= 11 is 0. The third-order valence-corrected chi connectivity index (χ3v) is 4.59. The SMILES string of the molecule is CC(C)(C1=CC=CC1)C(c1ccccc1)c1ccccc1.[Cl-].[Cl-].[Zr+2]. The normalized spacial score (nSPS) is 12.7. The topological polar surface area (TPSA) is 0 Å². The van der Waals surface area contributed by atoms with Gasteiger partial charge in [-0.2, -0.15) is 0 Å². The van der Waals surface area contributed by atoms with E-state index in [2.05, 4.69) is 92.7 Å². The summed E-state index contributed by atoms with van der Waals surface area (Å²) in [6.07, 6.45) is 7.80. The first-order valence-electron chi connectivity index (χ1n) is 7.65. The van der Waals surface area contributed by atoms with Gasteiger partial charge in [0, 0.05) is 5.92 Å². The van der Waals surface area contributed by atoms with Gasteiger partial charge in [0.25, 0.3) is 0 Å². The minimum atomic E-state index is 0. The van der Waals surface area contributed by atoms with Crippen molar-refractivity contribution < 1.29 is 51.0 Å². The number of benzene rings is 2. The molecule has 3 heteroatoms. The zero-order valence-electron chi connectivity index (χ0n) is 14.0. The van der Waals surface area contributed by atoms with Crippen LogP contribution in [0.2, 0.25) is 0 Å².